The van der Waals surface area contributed by atoms with Crippen molar-refractivity contribution < 1.29 is 14.3 Å². The highest BCUT2D eigenvalue weighted by atomic mass is 16.5. The van der Waals surface area contributed by atoms with Crippen molar-refractivity contribution in [2.75, 3.05) is 14.2 Å². The normalized spacial score (nSPS) is 11.7. The number of ether oxygens (including phenoxy) is 2. The highest BCUT2D eigenvalue weighted by molar-refractivity contribution is 5.89. The summed E-state index contributed by atoms with van der Waals surface area (Å²) in [5, 5.41) is 9.00. The summed E-state index contributed by atoms with van der Waals surface area (Å²) in [6.07, 6.45) is 7.06. The van der Waals surface area contributed by atoms with Crippen molar-refractivity contribution in [2.45, 2.75) is 19.3 Å². The summed E-state index contributed by atoms with van der Waals surface area (Å²) in [5.41, 5.74) is 4.63. The number of carbonyl (C=O) groups excluding carboxylic acids is 1. The summed E-state index contributed by atoms with van der Waals surface area (Å²) in [6.45, 7) is 0. The zero-order chi connectivity index (χ0) is 22.8. The van der Waals surface area contributed by atoms with Crippen LogP contribution in [0.5, 0.6) is 5.75 Å². The number of nitrogens with zero attached hydrogens (tertiary/aromatic N) is 1. The number of methoxy groups -OCH3 is 2. The summed E-state index contributed by atoms with van der Waals surface area (Å²) in [6, 6.07) is 25.5. The Balaban J connectivity index is 1.77. The molecule has 0 heterocycles. The van der Waals surface area contributed by atoms with Gasteiger partial charge < -0.3 is 9.47 Å². The van der Waals surface area contributed by atoms with Crippen molar-refractivity contribution >= 4 is 12.0 Å². The lowest BCUT2D eigenvalue weighted by molar-refractivity contribution is 0.0600. The number of hydrogen-bond acceptors (Lipinski definition) is 4. The molecule has 4 heteroatoms. The van der Waals surface area contributed by atoms with Crippen molar-refractivity contribution in [1.82, 2.24) is 0 Å². The highest BCUT2D eigenvalue weighted by Gasteiger charge is 2.10. The average molecular weight is 426 g/mol. The number of nitriles is 1. The van der Waals surface area contributed by atoms with Crippen molar-refractivity contribution in [3.8, 4) is 11.8 Å². The Morgan fingerprint density at radius 3 is 2.31 bits per heavy atom. The molecule has 0 saturated heterocycles. The van der Waals surface area contributed by atoms with Gasteiger partial charge in [0.05, 0.1) is 31.4 Å². The van der Waals surface area contributed by atoms with Gasteiger partial charge in [-0.15, -0.1) is 0 Å². The van der Waals surface area contributed by atoms with E-state index in [2.05, 4.69) is 18.2 Å². The zero-order valence-electron chi connectivity index (χ0n) is 18.5. The number of aryl methyl sites for hydroxylation is 1. The lowest BCUT2D eigenvalue weighted by atomic mass is 9.91. The smallest absolute Gasteiger partial charge is 0.337 e. The number of allylic oxidation sites excluding steroid dienone is 1. The minimum absolute atomic E-state index is 0.291. The van der Waals surface area contributed by atoms with E-state index in [0.29, 0.717) is 17.0 Å². The molecule has 3 aromatic rings. The van der Waals surface area contributed by atoms with Gasteiger partial charge in [-0.25, -0.2) is 4.79 Å². The van der Waals surface area contributed by atoms with E-state index in [0.717, 1.165) is 36.1 Å². The van der Waals surface area contributed by atoms with Crippen LogP contribution in [0.2, 0.25) is 0 Å². The van der Waals surface area contributed by atoms with Crippen LogP contribution in [0.3, 0.4) is 0 Å². The van der Waals surface area contributed by atoms with E-state index < -0.39 is 0 Å². The second kappa shape index (κ2) is 11.5. The van der Waals surface area contributed by atoms with Crippen molar-refractivity contribution in [1.29, 1.82) is 5.26 Å². The fourth-order valence-electron chi connectivity index (χ4n) is 3.61. The van der Waals surface area contributed by atoms with Crippen LogP contribution in [0.4, 0.5) is 0 Å². The maximum absolute atomic E-state index is 11.7. The van der Waals surface area contributed by atoms with Crippen molar-refractivity contribution in [3.63, 3.8) is 0 Å². The Hall–Kier alpha value is -3.84. The van der Waals surface area contributed by atoms with E-state index >= 15 is 0 Å². The van der Waals surface area contributed by atoms with Gasteiger partial charge in [-0.1, -0.05) is 54.6 Å². The first-order chi connectivity index (χ1) is 15.6. The van der Waals surface area contributed by atoms with Crippen LogP contribution in [0.15, 0.2) is 78.9 Å². The largest absolute Gasteiger partial charge is 0.496 e. The monoisotopic (exact) mass is 425 g/mol. The Labute approximate surface area is 189 Å². The maximum atomic E-state index is 11.7. The van der Waals surface area contributed by atoms with Gasteiger partial charge in [0.2, 0.25) is 0 Å². The van der Waals surface area contributed by atoms with Gasteiger partial charge in [0.1, 0.15) is 5.75 Å². The molecule has 0 radical (unpaired) electrons. The number of benzene rings is 3. The molecule has 0 saturated carbocycles. The van der Waals surface area contributed by atoms with Gasteiger partial charge in [-0.3, -0.25) is 0 Å². The molecule has 3 aromatic carbocycles. The Kier molecular flexibility index (Phi) is 8.22. The molecule has 0 aliphatic rings. The molecular formula is C28H27NO3. The third-order valence-electron chi connectivity index (χ3n) is 5.45. The van der Waals surface area contributed by atoms with Crippen LogP contribution < -0.4 is 4.74 Å². The predicted octanol–water partition coefficient (Wildman–Crippen LogP) is 5.86. The van der Waals surface area contributed by atoms with Crippen LogP contribution >= 0.6 is 0 Å². The van der Waals surface area contributed by atoms with Gasteiger partial charge in [-0.05, 0) is 66.6 Å². The van der Waals surface area contributed by atoms with Crippen molar-refractivity contribution in [3.05, 3.63) is 107 Å². The number of carbonyl (C=O) groups is 1. The van der Waals surface area contributed by atoms with Crippen LogP contribution in [-0.2, 0) is 17.6 Å². The first kappa shape index (κ1) is 22.8. The molecule has 3 rings (SSSR count). The standard InChI is InChI=1S/C28H27NO3/c1-31-27-6-4-3-5-25(27)16-13-22(10-7-21-8-11-24(20-29)12-9-21)19-23-14-17-26(18-15-23)28(30)32-2/h3-6,8-9,11-18,22H,7,10,19H2,1-2H3/b16-13+. The maximum Gasteiger partial charge on any atom is 0.337 e. The van der Waals surface area contributed by atoms with Crippen LogP contribution in [0.1, 0.15) is 39.0 Å². The Bertz CT molecular complexity index is 1090. The first-order valence-electron chi connectivity index (χ1n) is 10.6. The van der Waals surface area contributed by atoms with Crippen molar-refractivity contribution in [2.24, 2.45) is 5.92 Å². The highest BCUT2D eigenvalue weighted by Crippen LogP contribution is 2.23. The number of hydrogen-bond donors (Lipinski definition) is 0. The minimum atomic E-state index is -0.329. The average Bonchev–Trinajstić information content (AvgIpc) is 2.86. The molecule has 0 bridgehead atoms. The SMILES string of the molecule is COC(=O)c1ccc(CC(/C=C/c2ccccc2OC)CCc2ccc(C#N)cc2)cc1. The van der Waals surface area contributed by atoms with E-state index in [9.17, 15) is 4.79 Å². The predicted molar refractivity (Wildman–Crippen MR) is 126 cm³/mol. The summed E-state index contributed by atoms with van der Waals surface area (Å²) >= 11 is 0. The molecular weight excluding hydrogens is 398 g/mol. The third-order valence-corrected chi connectivity index (χ3v) is 5.45. The fraction of sp³-hybridized carbons (Fsp3) is 0.214. The molecule has 0 aliphatic carbocycles. The second-order valence-electron chi connectivity index (χ2n) is 7.60. The van der Waals surface area contributed by atoms with Crippen LogP contribution in [0, 0.1) is 17.2 Å². The number of rotatable bonds is 9. The summed E-state index contributed by atoms with van der Waals surface area (Å²) < 4.78 is 10.3. The Morgan fingerprint density at radius 1 is 0.969 bits per heavy atom. The molecule has 32 heavy (non-hydrogen) atoms. The Morgan fingerprint density at radius 2 is 1.66 bits per heavy atom. The van der Waals surface area contributed by atoms with E-state index in [4.69, 9.17) is 14.7 Å². The number of para-hydroxylation sites is 1. The molecule has 0 aromatic heterocycles. The molecule has 1 atom stereocenters. The lowest BCUT2D eigenvalue weighted by Gasteiger charge is -2.14. The van der Waals surface area contributed by atoms with Crippen LogP contribution in [-0.4, -0.2) is 20.2 Å². The van der Waals surface area contributed by atoms with Gasteiger partial charge in [-0.2, -0.15) is 5.26 Å². The van der Waals surface area contributed by atoms with Gasteiger partial charge >= 0.3 is 5.97 Å². The second-order valence-corrected chi connectivity index (χ2v) is 7.60. The van der Waals surface area contributed by atoms with Gasteiger partial charge in [0.25, 0.3) is 0 Å². The summed E-state index contributed by atoms with van der Waals surface area (Å²) in [7, 11) is 3.07. The van der Waals surface area contributed by atoms with E-state index in [1.54, 1.807) is 7.11 Å². The first-order valence-corrected chi connectivity index (χ1v) is 10.6. The minimum Gasteiger partial charge on any atom is -0.496 e. The quantitative estimate of drug-likeness (QED) is 0.403. The molecule has 4 nitrogen and oxygen atoms in total. The summed E-state index contributed by atoms with van der Waals surface area (Å²) in [5.74, 6) is 0.807. The van der Waals surface area contributed by atoms with Crippen LogP contribution in [0.25, 0.3) is 6.08 Å². The fourth-order valence-corrected chi connectivity index (χ4v) is 3.61. The molecule has 0 amide bonds. The topological polar surface area (TPSA) is 59.3 Å². The zero-order valence-corrected chi connectivity index (χ0v) is 18.5. The molecule has 162 valence electrons. The molecule has 0 N–H and O–H groups in total. The van der Waals surface area contributed by atoms with E-state index in [-0.39, 0.29) is 5.97 Å². The van der Waals surface area contributed by atoms with E-state index in [1.807, 2.05) is 72.8 Å². The van der Waals surface area contributed by atoms with E-state index in [1.165, 1.54) is 12.7 Å². The molecule has 1 unspecified atom stereocenters. The number of esters is 1. The summed E-state index contributed by atoms with van der Waals surface area (Å²) in [4.78, 5) is 11.7. The molecule has 0 fully saturated rings. The third kappa shape index (κ3) is 6.33. The molecule has 0 aliphatic heterocycles. The lowest BCUT2D eigenvalue weighted by Crippen LogP contribution is -2.05. The van der Waals surface area contributed by atoms with Gasteiger partial charge in [0, 0.05) is 5.56 Å². The molecule has 0 spiro atoms. The van der Waals surface area contributed by atoms with Gasteiger partial charge in [0.15, 0.2) is 0 Å².